The van der Waals surface area contributed by atoms with Crippen LogP contribution in [0.2, 0.25) is 5.02 Å². The third-order valence-electron chi connectivity index (χ3n) is 5.68. The van der Waals surface area contributed by atoms with Gasteiger partial charge in [-0.15, -0.1) is 0 Å². The van der Waals surface area contributed by atoms with Crippen LogP contribution >= 0.6 is 11.6 Å². The van der Waals surface area contributed by atoms with Crippen LogP contribution in [-0.2, 0) is 14.7 Å². The molecule has 6 nitrogen and oxygen atoms in total. The van der Waals surface area contributed by atoms with Crippen molar-refractivity contribution in [2.45, 2.75) is 42.8 Å². The van der Waals surface area contributed by atoms with Crippen LogP contribution in [0.1, 0.15) is 43.9 Å². The number of hydrogen-bond acceptors (Lipinski definition) is 5. The molecule has 0 radical (unpaired) electrons. The van der Waals surface area contributed by atoms with Gasteiger partial charge in [-0.25, -0.2) is 8.42 Å². The number of pyridine rings is 1. The average molecular weight is 463 g/mol. The van der Waals surface area contributed by atoms with Gasteiger partial charge in [0.1, 0.15) is 5.02 Å². The highest BCUT2D eigenvalue weighted by atomic mass is 35.5. The number of hydroxylamine groups is 2. The Bertz CT molecular complexity index is 1120. The fraction of sp³-hybridized carbons (Fsp3) is 0.435. The predicted molar refractivity (Wildman–Crippen MR) is 122 cm³/mol. The zero-order valence-corrected chi connectivity index (χ0v) is 19.1. The van der Waals surface area contributed by atoms with E-state index in [0.29, 0.717) is 17.2 Å². The predicted octanol–water partition coefficient (Wildman–Crippen LogP) is 4.06. The molecule has 0 spiro atoms. The van der Waals surface area contributed by atoms with Crippen LogP contribution in [0.4, 0.5) is 0 Å². The molecule has 4 rings (SSSR count). The average Bonchev–Trinajstić information content (AvgIpc) is 3.54. The summed E-state index contributed by atoms with van der Waals surface area (Å²) >= 11 is 5.92. The Labute approximate surface area is 187 Å². The van der Waals surface area contributed by atoms with E-state index in [9.17, 15) is 13.2 Å². The van der Waals surface area contributed by atoms with E-state index in [-0.39, 0.29) is 21.7 Å². The second-order valence-electron chi connectivity index (χ2n) is 8.17. The maximum absolute atomic E-state index is 12.5. The van der Waals surface area contributed by atoms with E-state index in [1.54, 1.807) is 24.3 Å². The lowest BCUT2D eigenvalue weighted by molar-refractivity contribution is -0.143. The molecule has 0 bridgehead atoms. The minimum atomic E-state index is -3.24. The minimum Gasteiger partial charge on any atom is -0.321 e. The lowest BCUT2D eigenvalue weighted by Gasteiger charge is -2.15. The first-order chi connectivity index (χ1) is 14.9. The molecule has 1 atom stereocenters. The number of hydrogen-bond donors (Lipinski definition) is 1. The molecular weight excluding hydrogens is 436 g/mol. The van der Waals surface area contributed by atoms with Gasteiger partial charge in [-0.05, 0) is 61.4 Å². The monoisotopic (exact) mass is 462 g/mol. The smallest absolute Gasteiger partial charge is 0.267 e. The van der Waals surface area contributed by atoms with Gasteiger partial charge in [0.25, 0.3) is 5.56 Å². The molecule has 1 N–H and O–H groups in total. The summed E-state index contributed by atoms with van der Waals surface area (Å²) in [7, 11) is -3.24. The number of aromatic amines is 1. The fourth-order valence-electron chi connectivity index (χ4n) is 3.81. The molecule has 8 heteroatoms. The van der Waals surface area contributed by atoms with Crippen molar-refractivity contribution < 1.29 is 13.3 Å². The van der Waals surface area contributed by atoms with Gasteiger partial charge >= 0.3 is 0 Å². The van der Waals surface area contributed by atoms with Gasteiger partial charge in [0, 0.05) is 24.4 Å². The summed E-state index contributed by atoms with van der Waals surface area (Å²) in [6.45, 7) is 4.40. The molecule has 31 heavy (non-hydrogen) atoms. The van der Waals surface area contributed by atoms with E-state index in [1.807, 2.05) is 17.2 Å². The van der Waals surface area contributed by atoms with Crippen molar-refractivity contribution >= 4 is 27.0 Å². The summed E-state index contributed by atoms with van der Waals surface area (Å²) in [4.78, 5) is 21.1. The number of nitrogens with one attached hydrogen (secondary N) is 1. The topological polar surface area (TPSA) is 79.5 Å². The molecule has 166 valence electrons. The van der Waals surface area contributed by atoms with E-state index < -0.39 is 9.84 Å². The number of H-pyrrole nitrogens is 1. The summed E-state index contributed by atoms with van der Waals surface area (Å²) < 4.78 is 25.1. The first-order valence-electron chi connectivity index (χ1n) is 10.7. The van der Waals surface area contributed by atoms with Crippen LogP contribution in [0.3, 0.4) is 0 Å². The van der Waals surface area contributed by atoms with E-state index in [1.165, 1.54) is 0 Å². The largest absolute Gasteiger partial charge is 0.321 e. The number of benzene rings is 1. The Kier molecular flexibility index (Phi) is 6.67. The molecule has 1 aromatic carbocycles. The van der Waals surface area contributed by atoms with E-state index >= 15 is 0 Å². The quantitative estimate of drug-likeness (QED) is 0.640. The number of halogens is 1. The van der Waals surface area contributed by atoms with Gasteiger partial charge in [0.05, 0.1) is 16.8 Å². The van der Waals surface area contributed by atoms with Crippen LogP contribution < -0.4 is 5.56 Å². The number of aromatic nitrogens is 1. The molecular formula is C23H27ClN2O4S. The Balaban J connectivity index is 1.66. The molecule has 1 aliphatic carbocycles. The fourth-order valence-corrected chi connectivity index (χ4v) is 5.58. The molecule has 1 saturated heterocycles. The summed E-state index contributed by atoms with van der Waals surface area (Å²) in [5.74, 6) is 0.251. The van der Waals surface area contributed by atoms with Gasteiger partial charge in [0.15, 0.2) is 9.84 Å². The van der Waals surface area contributed by atoms with E-state index in [0.717, 1.165) is 49.9 Å². The van der Waals surface area contributed by atoms with Gasteiger partial charge in [-0.2, -0.15) is 5.06 Å². The second kappa shape index (κ2) is 9.28. The van der Waals surface area contributed by atoms with Crippen molar-refractivity contribution in [3.05, 3.63) is 69.1 Å². The molecule has 2 aromatic rings. The van der Waals surface area contributed by atoms with Crippen molar-refractivity contribution in [1.29, 1.82) is 0 Å². The van der Waals surface area contributed by atoms with Crippen LogP contribution in [0, 0.1) is 5.92 Å². The Morgan fingerprint density at radius 1 is 1.19 bits per heavy atom. The van der Waals surface area contributed by atoms with E-state index in [4.69, 9.17) is 16.4 Å². The Morgan fingerprint density at radius 2 is 1.94 bits per heavy atom. The zero-order valence-electron chi connectivity index (χ0n) is 17.5. The van der Waals surface area contributed by atoms with Crippen molar-refractivity contribution in [2.75, 3.05) is 19.7 Å². The first kappa shape index (κ1) is 22.3. The summed E-state index contributed by atoms with van der Waals surface area (Å²) in [6.07, 6.45) is 5.52. The van der Waals surface area contributed by atoms with Gasteiger partial charge in [-0.1, -0.05) is 36.7 Å². The highest BCUT2D eigenvalue weighted by Gasteiger charge is 2.36. The van der Waals surface area contributed by atoms with Crippen LogP contribution in [0.5, 0.6) is 0 Å². The Morgan fingerprint density at radius 3 is 2.58 bits per heavy atom. The SMILES string of the molecule is CCCON1CC[C@H](C=C(c2ccc(S(=O)(=O)C3CC3)cc2)c2ccc(Cl)c(=O)[nH]2)C1. The third kappa shape index (κ3) is 5.12. The van der Waals surface area contributed by atoms with E-state index in [2.05, 4.69) is 18.0 Å². The van der Waals surface area contributed by atoms with Crippen LogP contribution in [0.15, 0.2) is 52.2 Å². The number of nitrogens with zero attached hydrogens (tertiary/aromatic N) is 1. The Hall–Kier alpha value is -1.93. The van der Waals surface area contributed by atoms with Gasteiger partial charge in [-0.3, -0.25) is 9.63 Å². The third-order valence-corrected chi connectivity index (χ3v) is 8.25. The normalized spacial score (nSPS) is 20.3. The lowest BCUT2D eigenvalue weighted by atomic mass is 9.96. The first-order valence-corrected chi connectivity index (χ1v) is 12.6. The van der Waals surface area contributed by atoms with Crippen molar-refractivity contribution in [3.8, 4) is 0 Å². The van der Waals surface area contributed by atoms with Gasteiger partial charge < -0.3 is 4.98 Å². The molecule has 1 aromatic heterocycles. The van der Waals surface area contributed by atoms with Gasteiger partial charge in [0.2, 0.25) is 0 Å². The zero-order chi connectivity index (χ0) is 22.0. The molecule has 1 saturated carbocycles. The number of sulfone groups is 1. The molecule has 0 amide bonds. The summed E-state index contributed by atoms with van der Waals surface area (Å²) in [5, 5.41) is 1.88. The lowest BCUT2D eigenvalue weighted by Crippen LogP contribution is -2.21. The maximum Gasteiger partial charge on any atom is 0.267 e. The number of rotatable bonds is 8. The maximum atomic E-state index is 12.5. The highest BCUT2D eigenvalue weighted by Crippen LogP contribution is 2.34. The van der Waals surface area contributed by atoms with Crippen molar-refractivity contribution in [3.63, 3.8) is 0 Å². The summed E-state index contributed by atoms with van der Waals surface area (Å²) in [5.41, 5.74) is 2.00. The molecule has 2 aliphatic rings. The highest BCUT2D eigenvalue weighted by molar-refractivity contribution is 7.92. The summed E-state index contributed by atoms with van der Waals surface area (Å²) in [6, 6.07) is 10.3. The van der Waals surface area contributed by atoms with Crippen LogP contribution in [0.25, 0.3) is 5.57 Å². The molecule has 1 aliphatic heterocycles. The molecule has 2 heterocycles. The molecule has 2 fully saturated rings. The van der Waals surface area contributed by atoms with Crippen molar-refractivity contribution in [2.24, 2.45) is 5.92 Å². The van der Waals surface area contributed by atoms with Crippen molar-refractivity contribution in [1.82, 2.24) is 10.0 Å². The molecule has 0 unspecified atom stereocenters. The second-order valence-corrected chi connectivity index (χ2v) is 10.8. The van der Waals surface area contributed by atoms with Crippen LogP contribution in [-0.4, -0.2) is 43.4 Å². The standard InChI is InChI=1S/C23H27ClN2O4S/c1-2-13-30-26-12-11-16(15-26)14-20(22-10-9-21(24)23(27)25-22)17-3-5-18(6-4-17)31(28,29)19-7-8-19/h3-6,9-10,14,16,19H,2,7-8,11-13,15H2,1H3,(H,25,27)/t16-/m1/s1. The minimum absolute atomic E-state index is 0.133.